The van der Waals surface area contributed by atoms with Crippen molar-refractivity contribution in [3.05, 3.63) is 52.7 Å². The number of rotatable bonds is 9. The van der Waals surface area contributed by atoms with Gasteiger partial charge in [-0.1, -0.05) is 11.6 Å². The summed E-state index contributed by atoms with van der Waals surface area (Å²) in [5, 5.41) is 6.95. The summed E-state index contributed by atoms with van der Waals surface area (Å²) in [4.78, 5) is 24.8. The molecule has 11 nitrogen and oxygen atoms in total. The van der Waals surface area contributed by atoms with Crippen LogP contribution in [0.15, 0.2) is 36.5 Å². The second-order valence-corrected chi connectivity index (χ2v) is 10.1. The first-order chi connectivity index (χ1) is 19.4. The molecule has 1 amide bonds. The highest BCUT2D eigenvalue weighted by molar-refractivity contribution is 6.33. The molecule has 0 unspecified atom stereocenters. The summed E-state index contributed by atoms with van der Waals surface area (Å²) in [5.74, 6) is 1.83. The molecule has 3 heterocycles. The molecule has 0 aliphatic carbocycles. The van der Waals surface area contributed by atoms with Crippen LogP contribution in [0.1, 0.15) is 11.1 Å². The SMILES string of the molecule is COc1cc2c(cc1Nc1ncc(Cl)c(Nc3ccc(N4CCOCC4)cc3OC)n1)CCN(CC(N)=O)CC2. The van der Waals surface area contributed by atoms with E-state index in [9.17, 15) is 4.79 Å². The first kappa shape index (κ1) is 27.8. The Kier molecular flexibility index (Phi) is 8.73. The maximum atomic E-state index is 11.4. The van der Waals surface area contributed by atoms with Gasteiger partial charge in [0.05, 0.1) is 51.5 Å². The number of methoxy groups -OCH3 is 2. The number of hydrogen-bond donors (Lipinski definition) is 3. The highest BCUT2D eigenvalue weighted by Gasteiger charge is 2.19. The van der Waals surface area contributed by atoms with Gasteiger partial charge in [0.25, 0.3) is 0 Å². The molecule has 0 bridgehead atoms. The first-order valence-corrected chi connectivity index (χ1v) is 13.6. The van der Waals surface area contributed by atoms with Gasteiger partial charge in [-0.05, 0) is 48.2 Å². The third kappa shape index (κ3) is 6.49. The van der Waals surface area contributed by atoms with Crippen LogP contribution in [0.4, 0.5) is 28.8 Å². The number of halogens is 1. The number of benzene rings is 2. The van der Waals surface area contributed by atoms with Crippen molar-refractivity contribution >= 4 is 46.3 Å². The van der Waals surface area contributed by atoms with E-state index in [-0.39, 0.29) is 12.5 Å². The molecule has 0 saturated carbocycles. The van der Waals surface area contributed by atoms with E-state index in [1.807, 2.05) is 24.3 Å². The maximum absolute atomic E-state index is 11.4. The number of primary amides is 1. The van der Waals surface area contributed by atoms with Crippen LogP contribution in [0, 0.1) is 0 Å². The molecule has 212 valence electrons. The molecule has 1 aromatic heterocycles. The largest absolute Gasteiger partial charge is 0.495 e. The van der Waals surface area contributed by atoms with E-state index in [0.717, 1.165) is 56.1 Å². The van der Waals surface area contributed by atoms with Gasteiger partial charge in [-0.3, -0.25) is 9.69 Å². The monoisotopic (exact) mass is 567 g/mol. The minimum Gasteiger partial charge on any atom is -0.495 e. The molecule has 2 aromatic carbocycles. The van der Waals surface area contributed by atoms with Gasteiger partial charge in [-0.2, -0.15) is 4.98 Å². The van der Waals surface area contributed by atoms with Crippen molar-refractivity contribution in [1.29, 1.82) is 0 Å². The number of carbonyl (C=O) groups excluding carboxylic acids is 1. The van der Waals surface area contributed by atoms with Crippen LogP contribution < -0.4 is 30.7 Å². The molecule has 0 atom stereocenters. The van der Waals surface area contributed by atoms with Crippen molar-refractivity contribution in [2.45, 2.75) is 12.8 Å². The van der Waals surface area contributed by atoms with Gasteiger partial charge >= 0.3 is 0 Å². The number of carbonyl (C=O) groups is 1. The zero-order valence-corrected chi connectivity index (χ0v) is 23.5. The van der Waals surface area contributed by atoms with Crippen molar-refractivity contribution in [2.75, 3.05) is 75.7 Å². The normalized spacial score (nSPS) is 15.6. The van der Waals surface area contributed by atoms with Crippen LogP contribution in [-0.4, -0.2) is 80.9 Å². The van der Waals surface area contributed by atoms with Crippen molar-refractivity contribution in [3.8, 4) is 11.5 Å². The van der Waals surface area contributed by atoms with Crippen LogP contribution in [-0.2, 0) is 22.4 Å². The summed E-state index contributed by atoms with van der Waals surface area (Å²) in [6, 6.07) is 10.1. The lowest BCUT2D eigenvalue weighted by Gasteiger charge is -2.29. The second-order valence-electron chi connectivity index (χ2n) is 9.69. The molecule has 40 heavy (non-hydrogen) atoms. The molecule has 5 rings (SSSR count). The lowest BCUT2D eigenvalue weighted by molar-refractivity contribution is -0.119. The van der Waals surface area contributed by atoms with Gasteiger partial charge in [0.1, 0.15) is 16.5 Å². The van der Waals surface area contributed by atoms with Crippen LogP contribution in [0.25, 0.3) is 0 Å². The predicted octanol–water partition coefficient (Wildman–Crippen LogP) is 3.36. The maximum Gasteiger partial charge on any atom is 0.231 e. The van der Waals surface area contributed by atoms with E-state index >= 15 is 0 Å². The fourth-order valence-electron chi connectivity index (χ4n) is 5.01. The summed E-state index contributed by atoms with van der Waals surface area (Å²) in [7, 11) is 3.27. The van der Waals surface area contributed by atoms with Crippen LogP contribution in [0.2, 0.25) is 5.02 Å². The fraction of sp³-hybridized carbons (Fsp3) is 0.393. The van der Waals surface area contributed by atoms with Crippen LogP contribution >= 0.6 is 11.6 Å². The van der Waals surface area contributed by atoms with Gasteiger partial charge in [0.2, 0.25) is 11.9 Å². The van der Waals surface area contributed by atoms with Gasteiger partial charge in [0, 0.05) is 37.9 Å². The number of nitrogens with zero attached hydrogens (tertiary/aromatic N) is 4. The smallest absolute Gasteiger partial charge is 0.231 e. The summed E-state index contributed by atoms with van der Waals surface area (Å²) in [6.45, 7) is 4.85. The Balaban J connectivity index is 1.35. The fourth-order valence-corrected chi connectivity index (χ4v) is 5.15. The van der Waals surface area contributed by atoms with E-state index in [0.29, 0.717) is 41.5 Å². The molecule has 3 aromatic rings. The summed E-state index contributed by atoms with van der Waals surface area (Å²) in [5.41, 5.74) is 10.3. The number of nitrogens with one attached hydrogen (secondary N) is 2. The second kappa shape index (κ2) is 12.6. The molecular weight excluding hydrogens is 534 g/mol. The molecular formula is C28H34ClN7O4. The Labute approximate surface area is 238 Å². The average Bonchev–Trinajstić information content (AvgIpc) is 3.16. The zero-order valence-electron chi connectivity index (χ0n) is 22.7. The third-order valence-electron chi connectivity index (χ3n) is 7.10. The summed E-state index contributed by atoms with van der Waals surface area (Å²) >= 11 is 6.48. The highest BCUT2D eigenvalue weighted by atomic mass is 35.5. The quantitative estimate of drug-likeness (QED) is 0.354. The van der Waals surface area contributed by atoms with E-state index in [2.05, 4.69) is 36.5 Å². The predicted molar refractivity (Wildman–Crippen MR) is 156 cm³/mol. The Morgan fingerprint density at radius 1 is 1.00 bits per heavy atom. The third-order valence-corrected chi connectivity index (χ3v) is 7.38. The van der Waals surface area contributed by atoms with Gasteiger partial charge in [-0.15, -0.1) is 0 Å². The van der Waals surface area contributed by atoms with Gasteiger partial charge in [-0.25, -0.2) is 4.98 Å². The highest BCUT2D eigenvalue weighted by Crippen LogP contribution is 2.35. The topological polar surface area (TPSA) is 127 Å². The molecule has 12 heteroatoms. The average molecular weight is 568 g/mol. The van der Waals surface area contributed by atoms with Crippen molar-refractivity contribution < 1.29 is 19.0 Å². The van der Waals surface area contributed by atoms with E-state index in [1.165, 1.54) is 11.1 Å². The summed E-state index contributed by atoms with van der Waals surface area (Å²) in [6.07, 6.45) is 3.14. The molecule has 4 N–H and O–H groups in total. The van der Waals surface area contributed by atoms with E-state index < -0.39 is 0 Å². The summed E-state index contributed by atoms with van der Waals surface area (Å²) < 4.78 is 16.8. The molecule has 2 aliphatic rings. The van der Waals surface area contributed by atoms with Crippen molar-refractivity contribution in [2.24, 2.45) is 5.73 Å². The number of amides is 1. The minimum absolute atomic E-state index is 0.255. The lowest BCUT2D eigenvalue weighted by atomic mass is 10.0. The Morgan fingerprint density at radius 2 is 1.70 bits per heavy atom. The number of morpholine rings is 1. The van der Waals surface area contributed by atoms with Gasteiger partial charge in [0.15, 0.2) is 5.82 Å². The number of nitrogens with two attached hydrogens (primary N) is 1. The van der Waals surface area contributed by atoms with Crippen LogP contribution in [0.5, 0.6) is 11.5 Å². The van der Waals surface area contributed by atoms with Crippen LogP contribution in [0.3, 0.4) is 0 Å². The molecule has 2 aliphatic heterocycles. The number of ether oxygens (including phenoxy) is 3. The van der Waals surface area contributed by atoms with Gasteiger partial charge < -0.3 is 35.5 Å². The zero-order chi connectivity index (χ0) is 28.1. The first-order valence-electron chi connectivity index (χ1n) is 13.2. The minimum atomic E-state index is -0.319. The number of anilines is 5. The molecule has 1 fully saturated rings. The molecule has 0 radical (unpaired) electrons. The molecule has 1 saturated heterocycles. The van der Waals surface area contributed by atoms with E-state index in [4.69, 9.17) is 31.5 Å². The lowest BCUT2D eigenvalue weighted by Crippen LogP contribution is -2.36. The Morgan fingerprint density at radius 3 is 2.40 bits per heavy atom. The van der Waals surface area contributed by atoms with E-state index in [1.54, 1.807) is 20.4 Å². The van der Waals surface area contributed by atoms with Crippen molar-refractivity contribution in [1.82, 2.24) is 14.9 Å². The number of hydrogen-bond acceptors (Lipinski definition) is 10. The standard InChI is InChI=1S/C28H34ClN7O4/c1-38-24-14-19-6-8-35(17-26(30)37)7-5-18(19)13-23(24)33-28-31-16-21(29)27(34-28)32-22-4-3-20(15-25(22)39-2)36-9-11-40-12-10-36/h3-4,13-16H,5-12,17H2,1-2H3,(H2,30,37)(H2,31,32,33,34). The number of fused-ring (bicyclic) bond motifs is 1. The number of aromatic nitrogens is 2. The van der Waals surface area contributed by atoms with Crippen molar-refractivity contribution in [3.63, 3.8) is 0 Å². The molecule has 0 spiro atoms. The Hall–Kier alpha value is -3.80. The Bertz CT molecular complexity index is 1370.